The van der Waals surface area contributed by atoms with E-state index >= 15 is 0 Å². The van der Waals surface area contributed by atoms with Gasteiger partial charge >= 0.3 is 0 Å². The second kappa shape index (κ2) is 11.3. The van der Waals surface area contributed by atoms with Gasteiger partial charge in [0.15, 0.2) is 17.3 Å². The molecule has 0 aliphatic heterocycles. The van der Waals surface area contributed by atoms with E-state index < -0.39 is 12.9 Å². The molecule has 3 aromatic rings. The van der Waals surface area contributed by atoms with E-state index in [0.717, 1.165) is 12.8 Å². The lowest BCUT2D eigenvalue weighted by molar-refractivity contribution is -0.117. The number of benzene rings is 1. The van der Waals surface area contributed by atoms with E-state index in [0.29, 0.717) is 39.3 Å². The van der Waals surface area contributed by atoms with Gasteiger partial charge in [-0.15, -0.1) is 21.5 Å². The van der Waals surface area contributed by atoms with E-state index in [1.807, 2.05) is 19.2 Å². The highest BCUT2D eigenvalue weighted by atomic mass is 32.1. The lowest BCUT2D eigenvalue weighted by atomic mass is 10.1. The molecule has 0 atom stereocenters. The zero-order chi connectivity index (χ0) is 29.0. The molecule has 12 heteroatoms. The number of thiazole rings is 1. The lowest BCUT2D eigenvalue weighted by Gasteiger charge is -2.16. The molecule has 4 rings (SSSR count). The van der Waals surface area contributed by atoms with Crippen LogP contribution in [-0.4, -0.2) is 53.5 Å². The second-order valence-corrected chi connectivity index (χ2v) is 9.89. The van der Waals surface area contributed by atoms with E-state index in [9.17, 15) is 14.4 Å². The molecule has 11 nitrogen and oxygen atoms in total. The van der Waals surface area contributed by atoms with Gasteiger partial charge in [-0.1, -0.05) is 19.9 Å². The van der Waals surface area contributed by atoms with Crippen molar-refractivity contribution < 1.29 is 23.2 Å². The fourth-order valence-corrected chi connectivity index (χ4v) is 4.26. The Bertz CT molecular complexity index is 1420. The zero-order valence-electron chi connectivity index (χ0n) is 23.5. The van der Waals surface area contributed by atoms with Crippen molar-refractivity contribution in [1.29, 1.82) is 0 Å². The zero-order valence-corrected chi connectivity index (χ0v) is 21.4. The highest BCUT2D eigenvalue weighted by molar-refractivity contribution is 7.17. The molecule has 1 aliphatic rings. The summed E-state index contributed by atoms with van der Waals surface area (Å²) in [6.45, 7) is 1.79. The number of carbonyl (C=O) groups excluding carboxylic acids is 3. The van der Waals surface area contributed by atoms with Crippen molar-refractivity contribution in [1.82, 2.24) is 25.8 Å². The summed E-state index contributed by atoms with van der Waals surface area (Å²) < 4.78 is 27.8. The van der Waals surface area contributed by atoms with Gasteiger partial charge in [-0.2, -0.15) is 0 Å². The highest BCUT2D eigenvalue weighted by Crippen LogP contribution is 2.40. The SMILES string of the molecule is [2H]C([2H])([2H])NC(=O)c1nnc(NC(=O)C2CC2)cc1Nc1cccc(-c2ncc(C(=O)NCC(C)C)s2)c1OC. The van der Waals surface area contributed by atoms with Crippen LogP contribution in [0.15, 0.2) is 30.5 Å². The summed E-state index contributed by atoms with van der Waals surface area (Å²) in [6, 6.07) is 6.58. The van der Waals surface area contributed by atoms with Gasteiger partial charge in [-0.05, 0) is 30.9 Å². The number of amides is 3. The first-order valence-corrected chi connectivity index (χ1v) is 12.5. The summed E-state index contributed by atoms with van der Waals surface area (Å²) in [4.78, 5) is 42.4. The molecule has 3 amide bonds. The van der Waals surface area contributed by atoms with Crippen LogP contribution in [0.5, 0.6) is 5.75 Å². The van der Waals surface area contributed by atoms with Crippen LogP contribution in [0.2, 0.25) is 0 Å². The summed E-state index contributed by atoms with van der Waals surface area (Å²) in [5.41, 5.74) is 0.770. The Morgan fingerprint density at radius 2 is 2.00 bits per heavy atom. The minimum Gasteiger partial charge on any atom is -0.494 e. The van der Waals surface area contributed by atoms with Gasteiger partial charge in [-0.25, -0.2) is 4.98 Å². The number of para-hydroxylation sites is 1. The molecule has 37 heavy (non-hydrogen) atoms. The number of hydrogen-bond acceptors (Lipinski definition) is 9. The summed E-state index contributed by atoms with van der Waals surface area (Å²) in [5, 5.41) is 18.8. The molecule has 4 N–H and O–H groups in total. The van der Waals surface area contributed by atoms with Gasteiger partial charge in [-0.3, -0.25) is 14.4 Å². The Labute approximate surface area is 222 Å². The molecule has 0 unspecified atom stereocenters. The number of anilines is 3. The first-order chi connectivity index (χ1) is 18.9. The Morgan fingerprint density at radius 3 is 2.70 bits per heavy atom. The number of methoxy groups -OCH3 is 1. The van der Waals surface area contributed by atoms with Crippen molar-refractivity contribution in [2.24, 2.45) is 11.8 Å². The number of nitrogens with one attached hydrogen (secondary N) is 4. The second-order valence-electron chi connectivity index (χ2n) is 8.85. The van der Waals surface area contributed by atoms with Gasteiger partial charge < -0.3 is 26.0 Å². The summed E-state index contributed by atoms with van der Waals surface area (Å²) >= 11 is 1.20. The van der Waals surface area contributed by atoms with Crippen LogP contribution in [0.25, 0.3) is 10.6 Å². The van der Waals surface area contributed by atoms with Crippen LogP contribution in [0.4, 0.5) is 17.2 Å². The normalized spacial score (nSPS) is 14.2. The Hall–Kier alpha value is -4.06. The predicted octanol–water partition coefficient (Wildman–Crippen LogP) is 3.45. The minimum absolute atomic E-state index is 0.0891. The fourth-order valence-electron chi connectivity index (χ4n) is 3.41. The molecule has 2 aromatic heterocycles. The monoisotopic (exact) mass is 526 g/mol. The van der Waals surface area contributed by atoms with E-state index in [1.165, 1.54) is 30.7 Å². The van der Waals surface area contributed by atoms with E-state index in [-0.39, 0.29) is 34.9 Å². The third-order valence-corrected chi connectivity index (χ3v) is 6.47. The summed E-state index contributed by atoms with van der Waals surface area (Å²) in [7, 11) is 1.46. The molecule has 0 bridgehead atoms. The van der Waals surface area contributed by atoms with Gasteiger partial charge in [0, 0.05) is 29.6 Å². The maximum absolute atomic E-state index is 12.7. The van der Waals surface area contributed by atoms with Crippen molar-refractivity contribution in [2.75, 3.05) is 31.3 Å². The Kier molecular flexibility index (Phi) is 6.79. The van der Waals surface area contributed by atoms with Crippen LogP contribution < -0.4 is 26.0 Å². The van der Waals surface area contributed by atoms with E-state index in [1.54, 1.807) is 18.2 Å². The molecule has 1 aromatic carbocycles. The number of aromatic nitrogens is 3. The number of carbonyl (C=O) groups is 3. The summed E-state index contributed by atoms with van der Waals surface area (Å²) in [6.07, 6.45) is 3.06. The summed E-state index contributed by atoms with van der Waals surface area (Å²) in [5.74, 6) is -0.760. The Morgan fingerprint density at radius 1 is 1.19 bits per heavy atom. The molecule has 194 valence electrons. The van der Waals surface area contributed by atoms with E-state index in [4.69, 9.17) is 8.85 Å². The largest absolute Gasteiger partial charge is 0.494 e. The lowest BCUT2D eigenvalue weighted by Crippen LogP contribution is -2.26. The van der Waals surface area contributed by atoms with Gasteiger partial charge in [0.05, 0.1) is 30.2 Å². The third kappa shape index (κ3) is 6.20. The first-order valence-electron chi connectivity index (χ1n) is 13.1. The van der Waals surface area contributed by atoms with Gasteiger partial charge in [0.1, 0.15) is 9.88 Å². The minimum atomic E-state index is -2.75. The highest BCUT2D eigenvalue weighted by Gasteiger charge is 2.30. The number of hydrogen-bond donors (Lipinski definition) is 4. The number of ether oxygens (including phenoxy) is 1. The third-order valence-electron chi connectivity index (χ3n) is 5.44. The average Bonchev–Trinajstić information content (AvgIpc) is 3.63. The molecule has 0 saturated heterocycles. The smallest absolute Gasteiger partial charge is 0.273 e. The molecular formula is C25H29N7O4S. The molecule has 0 spiro atoms. The van der Waals surface area contributed by atoms with Crippen molar-refractivity contribution in [3.05, 3.63) is 41.0 Å². The molecule has 1 fully saturated rings. The maximum atomic E-state index is 12.7. The van der Waals surface area contributed by atoms with Crippen LogP contribution in [0.1, 0.15) is 51.0 Å². The molecule has 2 heterocycles. The van der Waals surface area contributed by atoms with Crippen LogP contribution in [0.3, 0.4) is 0 Å². The number of nitrogens with zero attached hydrogens (tertiary/aromatic N) is 3. The number of rotatable bonds is 10. The van der Waals surface area contributed by atoms with Crippen molar-refractivity contribution in [3.8, 4) is 16.3 Å². The quantitative estimate of drug-likeness (QED) is 0.314. The standard InChI is InChI=1S/C25H29N7O4S/c1-13(2)11-27-23(34)18-12-28-25(37-18)15-6-5-7-16(21(15)36-4)29-17-10-19(30-22(33)14-8-9-14)31-32-20(17)24(35)26-3/h5-7,10,12-14H,8-9,11H2,1-4H3,(H,26,35)(H,27,34)(H2,29,30,31,33)/i3D3. The molecular weight excluding hydrogens is 494 g/mol. The predicted molar refractivity (Wildman–Crippen MR) is 141 cm³/mol. The first kappa shape index (κ1) is 22.2. The van der Waals surface area contributed by atoms with Crippen molar-refractivity contribution in [2.45, 2.75) is 26.7 Å². The van der Waals surface area contributed by atoms with Crippen LogP contribution in [-0.2, 0) is 4.79 Å². The van der Waals surface area contributed by atoms with Gasteiger partial charge in [0.2, 0.25) is 5.91 Å². The van der Waals surface area contributed by atoms with E-state index in [2.05, 4.69) is 31.1 Å². The maximum Gasteiger partial charge on any atom is 0.273 e. The van der Waals surface area contributed by atoms with Crippen molar-refractivity contribution >= 4 is 46.3 Å². The molecule has 1 aliphatic carbocycles. The Balaban J connectivity index is 1.67. The molecule has 0 radical (unpaired) electrons. The van der Waals surface area contributed by atoms with Crippen LogP contribution in [0, 0.1) is 11.8 Å². The molecule has 1 saturated carbocycles. The van der Waals surface area contributed by atoms with Crippen molar-refractivity contribution in [3.63, 3.8) is 0 Å². The topological polar surface area (TPSA) is 147 Å². The fraction of sp³-hybridized carbons (Fsp3) is 0.360. The average molecular weight is 527 g/mol. The van der Waals surface area contributed by atoms with Crippen LogP contribution >= 0.6 is 11.3 Å². The van der Waals surface area contributed by atoms with Gasteiger partial charge in [0.25, 0.3) is 11.8 Å².